The fraction of sp³-hybridized carbons (Fsp3) is 0.522. The number of hydrogen-bond acceptors (Lipinski definition) is 4. The molecule has 1 saturated carbocycles. The molecule has 0 radical (unpaired) electrons. The van der Waals surface area contributed by atoms with Crippen molar-refractivity contribution in [2.75, 3.05) is 7.11 Å². The summed E-state index contributed by atoms with van der Waals surface area (Å²) >= 11 is 0. The van der Waals surface area contributed by atoms with E-state index in [1.807, 2.05) is 0 Å². The lowest BCUT2D eigenvalue weighted by atomic mass is 9.72. The van der Waals surface area contributed by atoms with Crippen molar-refractivity contribution < 1.29 is 22.7 Å². The van der Waals surface area contributed by atoms with Gasteiger partial charge in [0.1, 0.15) is 0 Å². The number of hydrogen-bond donors (Lipinski definition) is 0. The topological polar surface area (TPSA) is 52.1 Å². The maximum absolute atomic E-state index is 13.0. The molecular weight excluding hydrogens is 393 g/mol. The Hall–Kier alpha value is -2.44. The van der Waals surface area contributed by atoms with E-state index in [4.69, 9.17) is 4.74 Å². The van der Waals surface area contributed by atoms with E-state index in [9.17, 15) is 18.0 Å². The minimum atomic E-state index is -4.35. The zero-order valence-corrected chi connectivity index (χ0v) is 17.3. The third kappa shape index (κ3) is 5.37. The smallest absolute Gasteiger partial charge is 0.416 e. The molecule has 2 heterocycles. The van der Waals surface area contributed by atoms with Gasteiger partial charge in [-0.3, -0.25) is 9.78 Å². The van der Waals surface area contributed by atoms with E-state index >= 15 is 0 Å². The minimum absolute atomic E-state index is 0.0440. The number of aromatic nitrogens is 2. The second-order valence-corrected chi connectivity index (χ2v) is 7.96. The second-order valence-electron chi connectivity index (χ2n) is 7.96. The summed E-state index contributed by atoms with van der Waals surface area (Å²) in [6.45, 7) is 2.09. The molecule has 1 aliphatic rings. The van der Waals surface area contributed by atoms with Crippen LogP contribution in [-0.4, -0.2) is 22.9 Å². The second kappa shape index (κ2) is 9.58. The van der Waals surface area contributed by atoms with E-state index in [2.05, 4.69) is 16.9 Å². The summed E-state index contributed by atoms with van der Waals surface area (Å²) in [5.41, 5.74) is 0.465. The van der Waals surface area contributed by atoms with Gasteiger partial charge in [0.15, 0.2) is 5.78 Å². The quantitative estimate of drug-likeness (QED) is 0.510. The molecule has 0 aliphatic heterocycles. The number of methoxy groups -OCH3 is 1. The summed E-state index contributed by atoms with van der Waals surface area (Å²) in [7, 11) is 1.53. The highest BCUT2D eigenvalue weighted by Gasteiger charge is 2.33. The number of Topliss-reactive ketones (excluding diaryl/α,β-unsaturated/α-hetero) is 1. The van der Waals surface area contributed by atoms with Crippen LogP contribution in [0, 0.1) is 11.8 Å². The third-order valence-electron chi connectivity index (χ3n) is 6.20. The van der Waals surface area contributed by atoms with E-state index in [1.165, 1.54) is 19.4 Å². The molecule has 0 aromatic carbocycles. The Bertz CT molecular complexity index is 844. The predicted molar refractivity (Wildman–Crippen MR) is 107 cm³/mol. The van der Waals surface area contributed by atoms with Gasteiger partial charge in [-0.25, -0.2) is 4.98 Å². The number of pyridine rings is 2. The summed E-state index contributed by atoms with van der Waals surface area (Å²) in [6, 6.07) is 5.61. The number of carbonyl (C=O) groups excluding carboxylic acids is 1. The van der Waals surface area contributed by atoms with Gasteiger partial charge in [0, 0.05) is 42.1 Å². The first-order valence-corrected chi connectivity index (χ1v) is 10.4. The van der Waals surface area contributed by atoms with Crippen molar-refractivity contribution in [3.63, 3.8) is 0 Å². The van der Waals surface area contributed by atoms with Crippen LogP contribution < -0.4 is 4.74 Å². The van der Waals surface area contributed by atoms with E-state index in [0.29, 0.717) is 29.5 Å². The van der Waals surface area contributed by atoms with Gasteiger partial charge in [0.05, 0.1) is 12.7 Å². The summed E-state index contributed by atoms with van der Waals surface area (Å²) in [5, 5.41) is 0. The SMILES string of the molecule is CC[C@H](CC(=O)c1ccc(OC)nc1)C1CCC(c2cc(C(F)(F)F)ccn2)CC1. The van der Waals surface area contributed by atoms with Crippen LogP contribution in [0.15, 0.2) is 36.7 Å². The number of carbonyl (C=O) groups is 1. The summed E-state index contributed by atoms with van der Waals surface area (Å²) < 4.78 is 44.0. The average molecular weight is 420 g/mol. The van der Waals surface area contributed by atoms with Gasteiger partial charge in [-0.05, 0) is 55.7 Å². The van der Waals surface area contributed by atoms with Gasteiger partial charge in [-0.2, -0.15) is 13.2 Å². The zero-order valence-electron chi connectivity index (χ0n) is 17.3. The Kier molecular flexibility index (Phi) is 7.10. The van der Waals surface area contributed by atoms with E-state index in [0.717, 1.165) is 38.2 Å². The molecule has 4 nitrogen and oxygen atoms in total. The Labute approximate surface area is 174 Å². The van der Waals surface area contributed by atoms with E-state index < -0.39 is 11.7 Å². The van der Waals surface area contributed by atoms with Crippen LogP contribution in [0.25, 0.3) is 0 Å². The molecular formula is C23H27F3N2O2. The molecule has 0 amide bonds. The van der Waals surface area contributed by atoms with Crippen LogP contribution in [0.3, 0.4) is 0 Å². The molecule has 0 N–H and O–H groups in total. The number of ketones is 1. The normalized spacial score (nSPS) is 20.6. The number of halogens is 3. The molecule has 7 heteroatoms. The lowest BCUT2D eigenvalue weighted by molar-refractivity contribution is -0.137. The molecule has 3 rings (SSSR count). The molecule has 162 valence electrons. The maximum Gasteiger partial charge on any atom is 0.416 e. The maximum atomic E-state index is 13.0. The van der Waals surface area contributed by atoms with Crippen molar-refractivity contribution in [2.24, 2.45) is 11.8 Å². The molecule has 0 unspecified atom stereocenters. The zero-order chi connectivity index (χ0) is 21.7. The fourth-order valence-corrected chi connectivity index (χ4v) is 4.40. The Balaban J connectivity index is 1.59. The molecule has 1 aliphatic carbocycles. The number of alkyl halides is 3. The highest BCUT2D eigenvalue weighted by molar-refractivity contribution is 5.95. The van der Waals surface area contributed by atoms with Crippen molar-refractivity contribution in [3.8, 4) is 5.88 Å². The van der Waals surface area contributed by atoms with Crippen molar-refractivity contribution in [1.82, 2.24) is 9.97 Å². The molecule has 1 atom stereocenters. The Morgan fingerprint density at radius 2 is 1.90 bits per heavy atom. The molecule has 2 aromatic rings. The molecule has 0 bridgehead atoms. The van der Waals surface area contributed by atoms with Crippen molar-refractivity contribution >= 4 is 5.78 Å². The van der Waals surface area contributed by atoms with Gasteiger partial charge in [0.2, 0.25) is 5.88 Å². The van der Waals surface area contributed by atoms with Crippen LogP contribution in [0.5, 0.6) is 5.88 Å². The summed E-state index contributed by atoms with van der Waals surface area (Å²) in [5.74, 6) is 1.24. The fourth-order valence-electron chi connectivity index (χ4n) is 4.40. The van der Waals surface area contributed by atoms with Gasteiger partial charge in [-0.1, -0.05) is 13.3 Å². The monoisotopic (exact) mass is 420 g/mol. The Morgan fingerprint density at radius 3 is 2.47 bits per heavy atom. The van der Waals surface area contributed by atoms with Crippen molar-refractivity contribution in [1.29, 1.82) is 0 Å². The minimum Gasteiger partial charge on any atom is -0.481 e. The highest BCUT2D eigenvalue weighted by atomic mass is 19.4. The van der Waals surface area contributed by atoms with Crippen LogP contribution in [-0.2, 0) is 6.18 Å². The summed E-state index contributed by atoms with van der Waals surface area (Å²) in [4.78, 5) is 21.0. The van der Waals surface area contributed by atoms with Crippen molar-refractivity contribution in [2.45, 2.75) is 57.5 Å². The lowest BCUT2D eigenvalue weighted by Gasteiger charge is -2.33. The van der Waals surface area contributed by atoms with Gasteiger partial charge >= 0.3 is 6.18 Å². The van der Waals surface area contributed by atoms with Crippen LogP contribution in [0.1, 0.15) is 73.0 Å². The van der Waals surface area contributed by atoms with Crippen LogP contribution in [0.2, 0.25) is 0 Å². The molecule has 1 fully saturated rings. The molecule has 0 saturated heterocycles. The van der Waals surface area contributed by atoms with Crippen molar-refractivity contribution in [3.05, 3.63) is 53.5 Å². The van der Waals surface area contributed by atoms with Crippen LogP contribution >= 0.6 is 0 Å². The van der Waals surface area contributed by atoms with Gasteiger partial charge in [-0.15, -0.1) is 0 Å². The molecule has 30 heavy (non-hydrogen) atoms. The van der Waals surface area contributed by atoms with E-state index in [1.54, 1.807) is 18.3 Å². The molecule has 0 spiro atoms. The average Bonchev–Trinajstić information content (AvgIpc) is 2.77. The first-order valence-electron chi connectivity index (χ1n) is 10.4. The predicted octanol–water partition coefficient (Wildman–Crippen LogP) is 6.08. The number of nitrogens with zero attached hydrogens (tertiary/aromatic N) is 2. The highest BCUT2D eigenvalue weighted by Crippen LogP contribution is 2.41. The largest absolute Gasteiger partial charge is 0.481 e. The third-order valence-corrected chi connectivity index (χ3v) is 6.20. The van der Waals surface area contributed by atoms with E-state index in [-0.39, 0.29) is 17.6 Å². The lowest BCUT2D eigenvalue weighted by Crippen LogP contribution is -2.23. The van der Waals surface area contributed by atoms with Gasteiger partial charge in [0.25, 0.3) is 0 Å². The molecule has 2 aromatic heterocycles. The first-order chi connectivity index (χ1) is 14.3. The van der Waals surface area contributed by atoms with Gasteiger partial charge < -0.3 is 4.74 Å². The standard InChI is InChI=1S/C23H27F3N2O2/c1-3-15(12-21(29)18-8-9-22(30-2)28-14-18)16-4-6-17(7-5-16)20-13-19(10-11-27-20)23(24,25)26/h8-11,13-17H,3-7,12H2,1-2H3/t15-,16?,17?/m1/s1. The number of ether oxygens (including phenoxy) is 1. The first kappa shape index (κ1) is 22.2. The number of rotatable bonds is 7. The van der Waals surface area contributed by atoms with Crippen LogP contribution in [0.4, 0.5) is 13.2 Å². The summed E-state index contributed by atoms with van der Waals surface area (Å²) in [6.07, 6.45) is 3.20. The Morgan fingerprint density at radius 1 is 1.17 bits per heavy atom.